The van der Waals surface area contributed by atoms with Crippen molar-refractivity contribution in [3.05, 3.63) is 98.8 Å². The highest BCUT2D eigenvalue weighted by atomic mass is 35.5. The topological polar surface area (TPSA) is 95.9 Å². The second kappa shape index (κ2) is 11.2. The second-order valence-corrected chi connectivity index (χ2v) is 9.54. The monoisotopic (exact) mass is 544 g/mol. The van der Waals surface area contributed by atoms with Crippen molar-refractivity contribution in [1.29, 1.82) is 0 Å². The van der Waals surface area contributed by atoms with E-state index in [1.807, 2.05) is 0 Å². The summed E-state index contributed by atoms with van der Waals surface area (Å²) in [7, 11) is 0. The first kappa shape index (κ1) is 26.4. The highest BCUT2D eigenvalue weighted by molar-refractivity contribution is 6.39. The van der Waals surface area contributed by atoms with Gasteiger partial charge in [-0.25, -0.2) is 9.18 Å². The summed E-state index contributed by atoms with van der Waals surface area (Å²) in [5, 5.41) is 12.3. The van der Waals surface area contributed by atoms with Crippen molar-refractivity contribution in [3.8, 4) is 5.75 Å². The average molecular weight is 545 g/mol. The van der Waals surface area contributed by atoms with Crippen LogP contribution in [0.4, 0.5) is 4.39 Å². The molecule has 4 rings (SSSR count). The third kappa shape index (κ3) is 6.21. The molecule has 1 aliphatic rings. The van der Waals surface area contributed by atoms with Gasteiger partial charge in [-0.15, -0.1) is 0 Å². The molecule has 3 aromatic rings. The van der Waals surface area contributed by atoms with Crippen LogP contribution < -0.4 is 10.1 Å². The summed E-state index contributed by atoms with van der Waals surface area (Å²) in [6, 6.07) is 14.5. The number of amides is 2. The number of carboxylic acid groups (broad SMARTS) is 1. The molecule has 3 aromatic carbocycles. The van der Waals surface area contributed by atoms with Gasteiger partial charge in [0.1, 0.15) is 23.7 Å². The van der Waals surface area contributed by atoms with Gasteiger partial charge in [-0.2, -0.15) is 0 Å². The van der Waals surface area contributed by atoms with Gasteiger partial charge in [-0.1, -0.05) is 41.4 Å². The van der Waals surface area contributed by atoms with Crippen LogP contribution in [0.5, 0.6) is 5.75 Å². The van der Waals surface area contributed by atoms with Gasteiger partial charge >= 0.3 is 5.97 Å². The van der Waals surface area contributed by atoms with Crippen molar-refractivity contribution in [2.24, 2.45) is 0 Å². The van der Waals surface area contributed by atoms with E-state index >= 15 is 0 Å². The Morgan fingerprint density at radius 3 is 2.32 bits per heavy atom. The van der Waals surface area contributed by atoms with E-state index in [1.54, 1.807) is 42.2 Å². The molecule has 2 N–H and O–H groups in total. The second-order valence-electron chi connectivity index (χ2n) is 8.72. The Hall–Kier alpha value is -3.62. The molecule has 2 amide bonds. The van der Waals surface area contributed by atoms with Crippen LogP contribution in [0.3, 0.4) is 0 Å². The Balaban J connectivity index is 1.31. The molecule has 1 heterocycles. The van der Waals surface area contributed by atoms with Crippen LogP contribution in [-0.4, -0.2) is 53.0 Å². The molecular formula is C27H23Cl2FN2O5. The van der Waals surface area contributed by atoms with E-state index in [4.69, 9.17) is 27.9 Å². The number of carbonyl (C=O) groups is 3. The van der Waals surface area contributed by atoms with Gasteiger partial charge in [0.05, 0.1) is 28.7 Å². The molecule has 1 aliphatic heterocycles. The van der Waals surface area contributed by atoms with Crippen LogP contribution in [0, 0.1) is 12.7 Å². The van der Waals surface area contributed by atoms with Gasteiger partial charge in [-0.05, 0) is 60.5 Å². The number of aryl methyl sites for hydroxylation is 1. The molecule has 10 heteroatoms. The maximum absolute atomic E-state index is 13.5. The molecular weight excluding hydrogens is 522 g/mol. The maximum atomic E-state index is 13.5. The summed E-state index contributed by atoms with van der Waals surface area (Å²) in [6.07, 6.45) is -0.158. The van der Waals surface area contributed by atoms with Crippen molar-refractivity contribution in [2.75, 3.05) is 13.1 Å². The van der Waals surface area contributed by atoms with Gasteiger partial charge < -0.3 is 20.1 Å². The number of benzene rings is 3. The summed E-state index contributed by atoms with van der Waals surface area (Å²) in [5.74, 6) is -1.85. The van der Waals surface area contributed by atoms with Gasteiger partial charge in [0.2, 0.25) is 0 Å². The molecule has 7 nitrogen and oxygen atoms in total. The van der Waals surface area contributed by atoms with E-state index in [1.165, 1.54) is 30.3 Å². The number of hydrogen-bond acceptors (Lipinski definition) is 4. The van der Waals surface area contributed by atoms with Crippen molar-refractivity contribution in [2.45, 2.75) is 25.5 Å². The summed E-state index contributed by atoms with van der Waals surface area (Å²) in [6.45, 7) is 2.41. The fraction of sp³-hybridized carbons (Fsp3) is 0.222. The Morgan fingerprint density at radius 1 is 1.08 bits per heavy atom. The highest BCUT2D eigenvalue weighted by Gasteiger charge is 2.33. The minimum Gasteiger partial charge on any atom is -0.487 e. The first-order chi connectivity index (χ1) is 17.6. The van der Waals surface area contributed by atoms with E-state index in [0.29, 0.717) is 35.5 Å². The number of carbonyl (C=O) groups excluding carboxylic acids is 2. The Bertz CT molecular complexity index is 1320. The zero-order valence-corrected chi connectivity index (χ0v) is 21.2. The van der Waals surface area contributed by atoms with Gasteiger partial charge in [0.15, 0.2) is 0 Å². The van der Waals surface area contributed by atoms with Crippen LogP contribution in [0.25, 0.3) is 0 Å². The lowest BCUT2D eigenvalue weighted by molar-refractivity contribution is -0.139. The number of halogens is 3. The maximum Gasteiger partial charge on any atom is 0.326 e. The van der Waals surface area contributed by atoms with E-state index < -0.39 is 17.9 Å². The van der Waals surface area contributed by atoms with Crippen LogP contribution in [0.2, 0.25) is 10.0 Å². The number of ether oxygens (including phenoxy) is 1. The standard InChI is InChI=1S/C27H23Cl2FN2O5/c1-15-11-17(7-10-22(15)30)26(34)32-13-19(14-32)37-18-8-5-16(6-9-18)12-23(27(35)36)31-25(33)24-20(28)3-2-4-21(24)29/h2-11,19,23H,12-14H2,1H3,(H,31,33)(H,35,36)/t23-/m0/s1. The average Bonchev–Trinajstić information content (AvgIpc) is 2.83. The lowest BCUT2D eigenvalue weighted by Gasteiger charge is -2.39. The molecule has 1 atom stereocenters. The molecule has 0 saturated carbocycles. The first-order valence-electron chi connectivity index (χ1n) is 11.4. The van der Waals surface area contributed by atoms with Crippen LogP contribution in [0.1, 0.15) is 31.8 Å². The molecule has 0 radical (unpaired) electrons. The molecule has 37 heavy (non-hydrogen) atoms. The molecule has 0 aliphatic carbocycles. The SMILES string of the molecule is Cc1cc(C(=O)N2CC(Oc3ccc(C[C@H](NC(=O)c4c(Cl)cccc4Cl)C(=O)O)cc3)C2)ccc1F. The molecule has 1 fully saturated rings. The van der Waals surface area contributed by atoms with Crippen molar-refractivity contribution >= 4 is 41.0 Å². The Kier molecular flexibility index (Phi) is 8.00. The van der Waals surface area contributed by atoms with Gasteiger partial charge in [-0.3, -0.25) is 9.59 Å². The normalized spacial score (nSPS) is 14.0. The number of hydrogen-bond donors (Lipinski definition) is 2. The first-order valence-corrected chi connectivity index (χ1v) is 12.2. The fourth-order valence-corrected chi connectivity index (χ4v) is 4.49. The molecule has 0 aromatic heterocycles. The predicted octanol–water partition coefficient (Wildman–Crippen LogP) is 4.77. The third-order valence-corrected chi connectivity index (χ3v) is 6.63. The Morgan fingerprint density at radius 2 is 1.73 bits per heavy atom. The minimum absolute atomic E-state index is 0.0171. The fourth-order valence-electron chi connectivity index (χ4n) is 3.92. The van der Waals surface area contributed by atoms with Crippen molar-refractivity contribution in [3.63, 3.8) is 0 Å². The van der Waals surface area contributed by atoms with Crippen molar-refractivity contribution < 1.29 is 28.6 Å². The van der Waals surface area contributed by atoms with Crippen LogP contribution in [0.15, 0.2) is 60.7 Å². The van der Waals surface area contributed by atoms with E-state index in [2.05, 4.69) is 5.32 Å². The minimum atomic E-state index is -1.20. The lowest BCUT2D eigenvalue weighted by atomic mass is 10.0. The Labute approximate surface area is 222 Å². The largest absolute Gasteiger partial charge is 0.487 e. The van der Waals surface area contributed by atoms with E-state index in [9.17, 15) is 23.9 Å². The van der Waals surface area contributed by atoms with E-state index in [0.717, 1.165) is 0 Å². The van der Waals surface area contributed by atoms with Crippen LogP contribution in [-0.2, 0) is 11.2 Å². The van der Waals surface area contributed by atoms with Crippen molar-refractivity contribution in [1.82, 2.24) is 10.2 Å². The summed E-state index contributed by atoms with van der Waals surface area (Å²) < 4.78 is 19.4. The van der Waals surface area contributed by atoms with Gasteiger partial charge in [0, 0.05) is 12.0 Å². The number of carboxylic acids is 1. The molecule has 0 bridgehead atoms. The zero-order valence-electron chi connectivity index (χ0n) is 19.7. The summed E-state index contributed by atoms with van der Waals surface area (Å²) in [4.78, 5) is 38.5. The quantitative estimate of drug-likeness (QED) is 0.425. The van der Waals surface area contributed by atoms with Gasteiger partial charge in [0.25, 0.3) is 11.8 Å². The molecule has 192 valence electrons. The number of rotatable bonds is 8. The zero-order chi connectivity index (χ0) is 26.7. The lowest BCUT2D eigenvalue weighted by Crippen LogP contribution is -2.56. The predicted molar refractivity (Wildman–Crippen MR) is 137 cm³/mol. The highest BCUT2D eigenvalue weighted by Crippen LogP contribution is 2.25. The number of aliphatic carboxylic acids is 1. The molecule has 0 unspecified atom stereocenters. The third-order valence-electron chi connectivity index (χ3n) is 6.00. The van der Waals surface area contributed by atoms with E-state index in [-0.39, 0.29) is 39.9 Å². The number of nitrogens with one attached hydrogen (secondary N) is 1. The summed E-state index contributed by atoms with van der Waals surface area (Å²) >= 11 is 12.1. The smallest absolute Gasteiger partial charge is 0.326 e. The molecule has 0 spiro atoms. The summed E-state index contributed by atoms with van der Waals surface area (Å²) in [5.41, 5.74) is 1.53. The number of nitrogens with zero attached hydrogens (tertiary/aromatic N) is 1. The number of likely N-dealkylation sites (tertiary alicyclic amines) is 1. The van der Waals surface area contributed by atoms with Crippen LogP contribution >= 0.6 is 23.2 Å². The molecule has 1 saturated heterocycles.